The summed E-state index contributed by atoms with van der Waals surface area (Å²) in [6.07, 6.45) is 1.52. The Labute approximate surface area is 255 Å². The lowest BCUT2D eigenvalue weighted by Crippen LogP contribution is -2.47. The fraction of sp³-hybridized carbons (Fsp3) is 0.516. The summed E-state index contributed by atoms with van der Waals surface area (Å²) in [5.41, 5.74) is 10.0. The molecule has 1 aliphatic rings. The second-order valence-electron chi connectivity index (χ2n) is 10.3. The third kappa shape index (κ3) is 11.6. The van der Waals surface area contributed by atoms with Crippen molar-refractivity contribution in [1.82, 2.24) is 15.1 Å². The topological polar surface area (TPSA) is 130 Å². The second-order valence-corrected chi connectivity index (χ2v) is 10.3. The molecule has 1 heterocycles. The van der Waals surface area contributed by atoms with Crippen LogP contribution in [0.25, 0.3) is 11.1 Å². The Morgan fingerprint density at radius 2 is 1.76 bits per heavy atom. The highest BCUT2D eigenvalue weighted by Gasteiger charge is 2.18. The van der Waals surface area contributed by atoms with Gasteiger partial charge in [0.2, 0.25) is 11.8 Å². The number of carbonyl (C=O) groups is 2. The number of halogens is 1. The standard InChI is InChI=1S/C31H45N5O5.ClH/c1-4-27(38)21-33-31(32)34-30(39)13-9-24-8-12-28(29(20-24)41-19-5-18-40-3)26-10-6-25(7-11-26)22-35-14-16-36(17-15-35)23(2)37;/h6-8,10-12,20,27,38H,4-5,9,13-19,21-22H2,1-3H3,(H3,32,33,34,39);1H. The third-order valence-electron chi connectivity index (χ3n) is 7.14. The number of benzene rings is 2. The number of nitrogens with zero attached hydrogens (tertiary/aromatic N) is 3. The van der Waals surface area contributed by atoms with E-state index in [0.29, 0.717) is 26.1 Å². The number of ether oxygens (including phenoxy) is 2. The highest BCUT2D eigenvalue weighted by molar-refractivity contribution is 5.96. The molecule has 0 radical (unpaired) electrons. The van der Waals surface area contributed by atoms with Crippen LogP contribution in [0, 0.1) is 0 Å². The molecule has 232 valence electrons. The fourth-order valence-corrected chi connectivity index (χ4v) is 4.57. The maximum Gasteiger partial charge on any atom is 0.226 e. The first kappa shape index (κ1) is 35.0. The van der Waals surface area contributed by atoms with Crippen LogP contribution in [0.3, 0.4) is 0 Å². The summed E-state index contributed by atoms with van der Waals surface area (Å²) in [4.78, 5) is 32.3. The van der Waals surface area contributed by atoms with Crippen LogP contribution in [0.15, 0.2) is 47.5 Å². The minimum atomic E-state index is -0.572. The molecule has 3 rings (SSSR count). The zero-order valence-corrected chi connectivity index (χ0v) is 25.8. The number of aryl methyl sites for hydroxylation is 1. The first-order valence-electron chi connectivity index (χ1n) is 14.4. The average molecular weight is 604 g/mol. The van der Waals surface area contributed by atoms with E-state index in [4.69, 9.17) is 15.2 Å². The Bertz CT molecular complexity index is 1150. The van der Waals surface area contributed by atoms with Gasteiger partial charge < -0.3 is 25.2 Å². The molecule has 0 spiro atoms. The first-order valence-corrected chi connectivity index (χ1v) is 14.4. The van der Waals surface area contributed by atoms with Gasteiger partial charge in [0.1, 0.15) is 5.75 Å². The third-order valence-corrected chi connectivity index (χ3v) is 7.14. The molecule has 0 saturated carbocycles. The predicted octanol–water partition coefficient (Wildman–Crippen LogP) is 2.99. The monoisotopic (exact) mass is 603 g/mol. The summed E-state index contributed by atoms with van der Waals surface area (Å²) in [6.45, 7) is 8.92. The normalized spacial score (nSPS) is 14.7. The van der Waals surface area contributed by atoms with E-state index in [1.165, 1.54) is 5.56 Å². The van der Waals surface area contributed by atoms with E-state index in [-0.39, 0.29) is 43.1 Å². The molecule has 0 bridgehead atoms. The van der Waals surface area contributed by atoms with Gasteiger partial charge in [0.15, 0.2) is 5.96 Å². The van der Waals surface area contributed by atoms with Crippen molar-refractivity contribution in [1.29, 1.82) is 0 Å². The number of methoxy groups -OCH3 is 1. The summed E-state index contributed by atoms with van der Waals surface area (Å²) in [5.74, 6) is 0.688. The number of hydrogen-bond acceptors (Lipinski definition) is 7. The highest BCUT2D eigenvalue weighted by Crippen LogP contribution is 2.32. The van der Waals surface area contributed by atoms with Gasteiger partial charge in [-0.2, -0.15) is 0 Å². The number of nitrogens with two attached hydrogens (primary N) is 1. The second kappa shape index (κ2) is 18.4. The number of nitrogens with one attached hydrogen (secondary N) is 1. The Morgan fingerprint density at radius 1 is 1.07 bits per heavy atom. The van der Waals surface area contributed by atoms with E-state index in [2.05, 4.69) is 39.5 Å². The van der Waals surface area contributed by atoms with E-state index in [9.17, 15) is 14.7 Å². The molecule has 1 atom stereocenters. The van der Waals surface area contributed by atoms with Crippen LogP contribution >= 0.6 is 12.4 Å². The molecule has 1 saturated heterocycles. The van der Waals surface area contributed by atoms with Gasteiger partial charge in [-0.25, -0.2) is 0 Å². The van der Waals surface area contributed by atoms with Gasteiger partial charge in [-0.3, -0.25) is 24.8 Å². The molecule has 2 aromatic rings. The number of piperazine rings is 1. The lowest BCUT2D eigenvalue weighted by Gasteiger charge is -2.34. The van der Waals surface area contributed by atoms with Crippen LogP contribution in [0.4, 0.5) is 0 Å². The van der Waals surface area contributed by atoms with Crippen molar-refractivity contribution >= 4 is 30.2 Å². The number of aliphatic hydroxyl groups is 1. The van der Waals surface area contributed by atoms with Crippen LogP contribution in [0.5, 0.6) is 5.75 Å². The molecule has 10 nitrogen and oxygen atoms in total. The van der Waals surface area contributed by atoms with E-state index >= 15 is 0 Å². The molecule has 1 fully saturated rings. The lowest BCUT2D eigenvalue weighted by atomic mass is 9.99. The van der Waals surface area contributed by atoms with Crippen LogP contribution < -0.4 is 15.8 Å². The van der Waals surface area contributed by atoms with Gasteiger partial charge in [-0.05, 0) is 35.6 Å². The van der Waals surface area contributed by atoms with Crippen LogP contribution in [-0.2, 0) is 27.3 Å². The minimum Gasteiger partial charge on any atom is -0.493 e. The van der Waals surface area contributed by atoms with Crippen molar-refractivity contribution < 1.29 is 24.2 Å². The van der Waals surface area contributed by atoms with Crippen LogP contribution in [0.2, 0.25) is 0 Å². The van der Waals surface area contributed by atoms with Crippen molar-refractivity contribution in [2.24, 2.45) is 10.7 Å². The van der Waals surface area contributed by atoms with Gasteiger partial charge in [0, 0.05) is 71.8 Å². The quantitative estimate of drug-likeness (QED) is 0.172. The Hall–Kier alpha value is -3.18. The largest absolute Gasteiger partial charge is 0.493 e. The molecule has 42 heavy (non-hydrogen) atoms. The van der Waals surface area contributed by atoms with E-state index in [1.807, 2.05) is 30.0 Å². The number of carbonyl (C=O) groups excluding carboxylic acids is 2. The summed E-state index contributed by atoms with van der Waals surface area (Å²) in [6, 6.07) is 14.6. The van der Waals surface area contributed by atoms with Crippen molar-refractivity contribution in [3.63, 3.8) is 0 Å². The van der Waals surface area contributed by atoms with Gasteiger partial charge in [-0.1, -0.05) is 43.3 Å². The summed E-state index contributed by atoms with van der Waals surface area (Å²) < 4.78 is 11.3. The molecule has 0 aliphatic carbocycles. The van der Waals surface area contributed by atoms with Crippen molar-refractivity contribution in [3.8, 4) is 16.9 Å². The van der Waals surface area contributed by atoms with Gasteiger partial charge in [0.05, 0.1) is 19.3 Å². The molecule has 11 heteroatoms. The molecule has 2 aromatic carbocycles. The number of aliphatic imine (C=N–C) groups is 1. The SMILES string of the molecule is CCC(O)CN=C(N)NC(=O)CCc1ccc(-c2ccc(CN3CCN(C(C)=O)CC3)cc2)c(OCCCOC)c1.Cl. The summed E-state index contributed by atoms with van der Waals surface area (Å²) >= 11 is 0. The van der Waals surface area contributed by atoms with Crippen molar-refractivity contribution in [2.45, 2.75) is 52.2 Å². The molecule has 1 aliphatic heterocycles. The smallest absolute Gasteiger partial charge is 0.226 e. The van der Waals surface area contributed by atoms with E-state index in [0.717, 1.165) is 61.6 Å². The van der Waals surface area contributed by atoms with E-state index < -0.39 is 6.10 Å². The average Bonchev–Trinajstić information content (AvgIpc) is 2.98. The van der Waals surface area contributed by atoms with Gasteiger partial charge in [0.25, 0.3) is 0 Å². The number of aliphatic hydroxyl groups excluding tert-OH is 1. The maximum atomic E-state index is 12.4. The molecular formula is C31H46ClN5O5. The van der Waals surface area contributed by atoms with Crippen molar-refractivity contribution in [3.05, 3.63) is 53.6 Å². The molecule has 4 N–H and O–H groups in total. The minimum absolute atomic E-state index is 0. The summed E-state index contributed by atoms with van der Waals surface area (Å²) in [7, 11) is 1.67. The Balaban J connectivity index is 0.00000616. The molecular weight excluding hydrogens is 558 g/mol. The summed E-state index contributed by atoms with van der Waals surface area (Å²) in [5, 5.41) is 12.2. The highest BCUT2D eigenvalue weighted by atomic mass is 35.5. The molecule has 2 amide bonds. The fourth-order valence-electron chi connectivity index (χ4n) is 4.57. The molecule has 0 aromatic heterocycles. The van der Waals surface area contributed by atoms with Crippen molar-refractivity contribution in [2.75, 3.05) is 53.0 Å². The molecule has 1 unspecified atom stereocenters. The number of hydrogen-bond donors (Lipinski definition) is 3. The van der Waals surface area contributed by atoms with E-state index in [1.54, 1.807) is 14.0 Å². The van der Waals surface area contributed by atoms with Gasteiger partial charge >= 0.3 is 0 Å². The zero-order chi connectivity index (χ0) is 29.6. The zero-order valence-electron chi connectivity index (χ0n) is 25.0. The number of rotatable bonds is 14. The maximum absolute atomic E-state index is 12.4. The van der Waals surface area contributed by atoms with Crippen LogP contribution in [0.1, 0.15) is 44.2 Å². The van der Waals surface area contributed by atoms with Gasteiger partial charge in [-0.15, -0.1) is 12.4 Å². The number of amides is 2. The number of guanidine groups is 1. The first-order chi connectivity index (χ1) is 19.8. The Morgan fingerprint density at radius 3 is 2.40 bits per heavy atom. The Kier molecular flexibility index (Phi) is 15.3. The predicted molar refractivity (Wildman–Crippen MR) is 168 cm³/mol. The lowest BCUT2D eigenvalue weighted by molar-refractivity contribution is -0.130. The van der Waals surface area contributed by atoms with Crippen LogP contribution in [-0.4, -0.2) is 91.8 Å².